The first-order valence-corrected chi connectivity index (χ1v) is 8.53. The maximum atomic E-state index is 12.4. The van der Waals surface area contributed by atoms with E-state index in [1.54, 1.807) is 18.2 Å². The lowest BCUT2D eigenvalue weighted by Crippen LogP contribution is -2.27. The number of hydrogen-bond donors (Lipinski definition) is 2. The van der Waals surface area contributed by atoms with Crippen LogP contribution in [0, 0.1) is 0 Å². The van der Waals surface area contributed by atoms with Gasteiger partial charge >= 0.3 is 0 Å². The fourth-order valence-electron chi connectivity index (χ4n) is 2.36. The zero-order valence-corrected chi connectivity index (χ0v) is 13.0. The van der Waals surface area contributed by atoms with Crippen molar-refractivity contribution in [2.45, 2.75) is 36.8 Å². The molecule has 0 amide bonds. The number of hydrogen-bond acceptors (Lipinski definition) is 5. The zero-order valence-electron chi connectivity index (χ0n) is 12.2. The number of nitrogens with one attached hydrogen (secondary N) is 1. The first kappa shape index (κ1) is 16.2. The summed E-state index contributed by atoms with van der Waals surface area (Å²) < 4.78 is 38.0. The first-order valence-electron chi connectivity index (χ1n) is 7.05. The van der Waals surface area contributed by atoms with Crippen LogP contribution >= 0.6 is 0 Å². The minimum atomic E-state index is -3.61. The highest BCUT2D eigenvalue weighted by molar-refractivity contribution is 7.89. The van der Waals surface area contributed by atoms with Crippen LogP contribution in [0.3, 0.4) is 0 Å². The molecule has 1 heterocycles. The van der Waals surface area contributed by atoms with E-state index in [1.165, 1.54) is 7.11 Å². The van der Waals surface area contributed by atoms with E-state index < -0.39 is 10.0 Å². The molecule has 1 aliphatic heterocycles. The topological polar surface area (TPSA) is 90.7 Å². The number of benzene rings is 1. The summed E-state index contributed by atoms with van der Waals surface area (Å²) in [4.78, 5) is 0.125. The Morgan fingerprint density at radius 1 is 1.48 bits per heavy atom. The fraction of sp³-hybridized carbons (Fsp3) is 0.571. The average molecular weight is 314 g/mol. The molecule has 21 heavy (non-hydrogen) atoms. The summed E-state index contributed by atoms with van der Waals surface area (Å²) in [7, 11) is -2.17. The third-order valence-corrected chi connectivity index (χ3v) is 5.02. The average Bonchev–Trinajstić information content (AvgIpc) is 2.99. The van der Waals surface area contributed by atoms with Crippen molar-refractivity contribution >= 4 is 10.0 Å². The number of ether oxygens (including phenoxy) is 2. The molecule has 1 unspecified atom stereocenters. The molecule has 118 valence electrons. The quantitative estimate of drug-likeness (QED) is 0.783. The van der Waals surface area contributed by atoms with Crippen LogP contribution in [0.15, 0.2) is 23.1 Å². The number of rotatable bonds is 7. The first-order chi connectivity index (χ1) is 10.1. The van der Waals surface area contributed by atoms with Gasteiger partial charge < -0.3 is 15.2 Å². The molecule has 1 fully saturated rings. The SMILES string of the molecule is COc1ccc(CN)cc1S(=O)(=O)NCCC1CCCO1. The largest absolute Gasteiger partial charge is 0.495 e. The molecule has 0 spiro atoms. The molecule has 7 heteroatoms. The van der Waals surface area contributed by atoms with Gasteiger partial charge in [0.1, 0.15) is 10.6 Å². The molecule has 0 aliphatic carbocycles. The van der Waals surface area contributed by atoms with Gasteiger partial charge in [-0.1, -0.05) is 6.07 Å². The zero-order chi connectivity index (χ0) is 15.3. The van der Waals surface area contributed by atoms with Crippen molar-refractivity contribution in [3.05, 3.63) is 23.8 Å². The second-order valence-electron chi connectivity index (χ2n) is 5.01. The van der Waals surface area contributed by atoms with Crippen LogP contribution < -0.4 is 15.2 Å². The number of nitrogens with two attached hydrogens (primary N) is 1. The minimum absolute atomic E-state index is 0.125. The molecule has 6 nitrogen and oxygen atoms in total. The van der Waals surface area contributed by atoms with Crippen molar-refractivity contribution < 1.29 is 17.9 Å². The molecule has 1 aromatic rings. The Kier molecular flexibility index (Phi) is 5.58. The Hall–Kier alpha value is -1.15. The van der Waals surface area contributed by atoms with E-state index in [9.17, 15) is 8.42 Å². The summed E-state index contributed by atoms with van der Waals surface area (Å²) in [5, 5.41) is 0. The Labute approximate surface area is 125 Å². The summed E-state index contributed by atoms with van der Waals surface area (Å²) in [5.41, 5.74) is 6.31. The van der Waals surface area contributed by atoms with Gasteiger partial charge in [0.05, 0.1) is 13.2 Å². The summed E-state index contributed by atoms with van der Waals surface area (Å²) in [6, 6.07) is 4.92. The van der Waals surface area contributed by atoms with Gasteiger partial charge in [0.2, 0.25) is 10.0 Å². The van der Waals surface area contributed by atoms with Crippen LogP contribution in [-0.4, -0.2) is 34.8 Å². The van der Waals surface area contributed by atoms with Gasteiger partial charge in [-0.3, -0.25) is 0 Å². The van der Waals surface area contributed by atoms with Crippen LogP contribution in [0.4, 0.5) is 0 Å². The van der Waals surface area contributed by atoms with E-state index >= 15 is 0 Å². The minimum Gasteiger partial charge on any atom is -0.495 e. The molecule has 3 N–H and O–H groups in total. The van der Waals surface area contributed by atoms with Gasteiger partial charge in [-0.2, -0.15) is 0 Å². The van der Waals surface area contributed by atoms with Crippen LogP contribution in [-0.2, 0) is 21.3 Å². The van der Waals surface area contributed by atoms with Gasteiger partial charge in [-0.05, 0) is 37.0 Å². The molecular formula is C14H22N2O4S. The van der Waals surface area contributed by atoms with E-state index in [1.807, 2.05) is 0 Å². The Morgan fingerprint density at radius 2 is 2.29 bits per heavy atom. The third kappa shape index (κ3) is 4.16. The van der Waals surface area contributed by atoms with E-state index in [4.69, 9.17) is 15.2 Å². The van der Waals surface area contributed by atoms with Crippen molar-refractivity contribution in [3.8, 4) is 5.75 Å². The molecule has 1 atom stereocenters. The highest BCUT2D eigenvalue weighted by atomic mass is 32.2. The van der Waals surface area contributed by atoms with E-state index in [-0.39, 0.29) is 17.5 Å². The summed E-state index contributed by atoms with van der Waals surface area (Å²) >= 11 is 0. The van der Waals surface area contributed by atoms with Crippen molar-refractivity contribution in [3.63, 3.8) is 0 Å². The summed E-state index contributed by atoms with van der Waals surface area (Å²) in [6.45, 7) is 1.40. The van der Waals surface area contributed by atoms with Gasteiger partial charge in [0, 0.05) is 19.7 Å². The molecule has 0 bridgehead atoms. The van der Waals surface area contributed by atoms with Crippen molar-refractivity contribution in [2.24, 2.45) is 5.73 Å². The van der Waals surface area contributed by atoms with Crippen molar-refractivity contribution in [2.75, 3.05) is 20.3 Å². The van der Waals surface area contributed by atoms with Crippen LogP contribution in [0.25, 0.3) is 0 Å². The molecular weight excluding hydrogens is 292 g/mol. The summed E-state index contributed by atoms with van der Waals surface area (Å²) in [6.07, 6.45) is 2.88. The maximum absolute atomic E-state index is 12.4. The van der Waals surface area contributed by atoms with Gasteiger partial charge in [0.25, 0.3) is 0 Å². The molecule has 0 radical (unpaired) electrons. The lowest BCUT2D eigenvalue weighted by atomic mass is 10.2. The standard InChI is InChI=1S/C14H22N2O4S/c1-19-13-5-4-11(10-15)9-14(13)21(17,18)16-7-6-12-3-2-8-20-12/h4-5,9,12,16H,2-3,6-8,10,15H2,1H3. The lowest BCUT2D eigenvalue weighted by Gasteiger charge is -2.13. The Bertz CT molecular complexity index is 568. The van der Waals surface area contributed by atoms with Gasteiger partial charge in [-0.25, -0.2) is 13.1 Å². The normalized spacial score (nSPS) is 18.9. The van der Waals surface area contributed by atoms with Gasteiger partial charge in [0.15, 0.2) is 0 Å². The predicted molar refractivity (Wildman–Crippen MR) is 79.7 cm³/mol. The molecule has 0 aromatic heterocycles. The van der Waals surface area contributed by atoms with Crippen molar-refractivity contribution in [1.29, 1.82) is 0 Å². The lowest BCUT2D eigenvalue weighted by molar-refractivity contribution is 0.105. The summed E-state index contributed by atoms with van der Waals surface area (Å²) in [5.74, 6) is 0.316. The third-order valence-electron chi connectivity index (χ3n) is 3.54. The number of methoxy groups -OCH3 is 1. The monoisotopic (exact) mass is 314 g/mol. The van der Waals surface area contributed by atoms with E-state index in [0.29, 0.717) is 18.7 Å². The Morgan fingerprint density at radius 3 is 2.90 bits per heavy atom. The van der Waals surface area contributed by atoms with Crippen LogP contribution in [0.1, 0.15) is 24.8 Å². The molecule has 1 aliphatic rings. The smallest absolute Gasteiger partial charge is 0.244 e. The van der Waals surface area contributed by atoms with Crippen molar-refractivity contribution in [1.82, 2.24) is 4.72 Å². The van der Waals surface area contributed by atoms with E-state index in [2.05, 4.69) is 4.72 Å². The molecule has 0 saturated carbocycles. The van der Waals surface area contributed by atoms with Crippen LogP contribution in [0.2, 0.25) is 0 Å². The predicted octanol–water partition coefficient (Wildman–Crippen LogP) is 1.00. The molecule has 2 rings (SSSR count). The Balaban J connectivity index is 2.06. The van der Waals surface area contributed by atoms with E-state index in [0.717, 1.165) is 25.0 Å². The van der Waals surface area contributed by atoms with Crippen LogP contribution in [0.5, 0.6) is 5.75 Å². The highest BCUT2D eigenvalue weighted by Crippen LogP contribution is 2.25. The molecule has 1 aromatic carbocycles. The second kappa shape index (κ2) is 7.22. The number of sulfonamides is 1. The second-order valence-corrected chi connectivity index (χ2v) is 6.75. The highest BCUT2D eigenvalue weighted by Gasteiger charge is 2.21. The fourth-order valence-corrected chi connectivity index (χ4v) is 3.63. The van der Waals surface area contributed by atoms with Gasteiger partial charge in [-0.15, -0.1) is 0 Å². The molecule has 1 saturated heterocycles. The maximum Gasteiger partial charge on any atom is 0.244 e.